The van der Waals surface area contributed by atoms with Crippen molar-refractivity contribution in [1.29, 1.82) is 0 Å². The molecule has 1 amide bonds. The summed E-state index contributed by atoms with van der Waals surface area (Å²) in [6, 6.07) is 22.2. The molecule has 4 aromatic rings. The van der Waals surface area contributed by atoms with Crippen molar-refractivity contribution in [3.05, 3.63) is 90.9 Å². The van der Waals surface area contributed by atoms with Gasteiger partial charge in [0.1, 0.15) is 11.5 Å². The Bertz CT molecular complexity index is 1090. The van der Waals surface area contributed by atoms with Gasteiger partial charge in [0.05, 0.1) is 0 Å². The fourth-order valence-corrected chi connectivity index (χ4v) is 2.91. The van der Waals surface area contributed by atoms with Crippen LogP contribution in [0.5, 0.6) is 0 Å². The molecular formula is C21H15N3O2. The van der Waals surface area contributed by atoms with Gasteiger partial charge in [0, 0.05) is 23.5 Å². The summed E-state index contributed by atoms with van der Waals surface area (Å²) in [5, 5.41) is 2.56. The SMILES string of the molecule is O=C(Nc1ccccn1)C(=O)c1c(-c2ccccc2)cc2ccccn12. The van der Waals surface area contributed by atoms with Gasteiger partial charge in [-0.05, 0) is 35.9 Å². The third-order valence-corrected chi connectivity index (χ3v) is 4.09. The summed E-state index contributed by atoms with van der Waals surface area (Å²) in [7, 11) is 0. The molecule has 0 aliphatic rings. The average molecular weight is 341 g/mol. The van der Waals surface area contributed by atoms with Crippen molar-refractivity contribution in [1.82, 2.24) is 9.38 Å². The molecule has 0 atom stereocenters. The summed E-state index contributed by atoms with van der Waals surface area (Å²) < 4.78 is 1.74. The lowest BCUT2D eigenvalue weighted by molar-refractivity contribution is -0.112. The first-order valence-corrected chi connectivity index (χ1v) is 8.16. The number of amides is 1. The molecule has 4 rings (SSSR count). The number of Topliss-reactive ketones (excluding diaryl/α,β-unsaturated/α-hetero) is 1. The molecule has 5 heteroatoms. The highest BCUT2D eigenvalue weighted by Gasteiger charge is 2.24. The van der Waals surface area contributed by atoms with Gasteiger partial charge in [0.2, 0.25) is 0 Å². The van der Waals surface area contributed by atoms with Gasteiger partial charge >= 0.3 is 0 Å². The molecule has 1 aromatic carbocycles. The molecule has 0 aliphatic heterocycles. The third kappa shape index (κ3) is 2.86. The van der Waals surface area contributed by atoms with E-state index in [0.717, 1.165) is 16.6 Å². The van der Waals surface area contributed by atoms with Gasteiger partial charge in [-0.2, -0.15) is 0 Å². The monoisotopic (exact) mass is 341 g/mol. The summed E-state index contributed by atoms with van der Waals surface area (Å²) >= 11 is 0. The molecule has 0 spiro atoms. The van der Waals surface area contributed by atoms with E-state index in [4.69, 9.17) is 0 Å². The second-order valence-corrected chi connectivity index (χ2v) is 5.77. The van der Waals surface area contributed by atoms with Crippen LogP contribution in [-0.2, 0) is 4.79 Å². The van der Waals surface area contributed by atoms with Crippen molar-refractivity contribution in [2.24, 2.45) is 0 Å². The van der Waals surface area contributed by atoms with E-state index in [0.29, 0.717) is 11.5 Å². The Labute approximate surface area is 149 Å². The van der Waals surface area contributed by atoms with Crippen LogP contribution in [0.2, 0.25) is 0 Å². The molecule has 0 radical (unpaired) electrons. The highest BCUT2D eigenvalue weighted by molar-refractivity contribution is 6.47. The number of pyridine rings is 2. The lowest BCUT2D eigenvalue weighted by Gasteiger charge is -2.07. The fourth-order valence-electron chi connectivity index (χ4n) is 2.91. The van der Waals surface area contributed by atoms with Crippen molar-refractivity contribution in [3.8, 4) is 11.1 Å². The number of aromatic nitrogens is 2. The number of nitrogens with zero attached hydrogens (tertiary/aromatic N) is 2. The molecule has 1 N–H and O–H groups in total. The van der Waals surface area contributed by atoms with E-state index in [1.165, 1.54) is 0 Å². The molecule has 26 heavy (non-hydrogen) atoms. The quantitative estimate of drug-likeness (QED) is 0.453. The van der Waals surface area contributed by atoms with Crippen LogP contribution >= 0.6 is 0 Å². The van der Waals surface area contributed by atoms with Gasteiger partial charge in [0.15, 0.2) is 0 Å². The molecule has 0 aliphatic carbocycles. The Morgan fingerprint density at radius 1 is 0.885 bits per heavy atom. The van der Waals surface area contributed by atoms with Gasteiger partial charge in [-0.1, -0.05) is 42.5 Å². The summed E-state index contributed by atoms with van der Waals surface area (Å²) in [6.45, 7) is 0. The van der Waals surface area contributed by atoms with E-state index < -0.39 is 11.7 Å². The lowest BCUT2D eigenvalue weighted by atomic mass is 10.0. The molecule has 0 unspecified atom stereocenters. The number of benzene rings is 1. The standard InChI is InChI=1S/C21H15N3O2/c25-20(21(26)23-18-11-4-6-12-22-18)19-17(15-8-2-1-3-9-15)14-16-10-5-7-13-24(16)19/h1-14H,(H,22,23,26). The van der Waals surface area contributed by atoms with Crippen molar-refractivity contribution in [3.63, 3.8) is 0 Å². The number of carbonyl (C=O) groups excluding carboxylic acids is 2. The minimum Gasteiger partial charge on any atom is -0.313 e. The predicted octanol–water partition coefficient (Wildman–Crippen LogP) is 3.82. The Hall–Kier alpha value is -3.73. The number of rotatable bonds is 4. The van der Waals surface area contributed by atoms with Crippen LogP contribution in [-0.4, -0.2) is 21.1 Å². The van der Waals surface area contributed by atoms with E-state index in [1.54, 1.807) is 35.0 Å². The van der Waals surface area contributed by atoms with Crippen LogP contribution in [0.25, 0.3) is 16.6 Å². The second-order valence-electron chi connectivity index (χ2n) is 5.77. The fraction of sp³-hybridized carbons (Fsp3) is 0. The second kappa shape index (κ2) is 6.64. The zero-order valence-corrected chi connectivity index (χ0v) is 13.8. The smallest absolute Gasteiger partial charge is 0.299 e. The molecule has 3 heterocycles. The minimum atomic E-state index is -0.718. The average Bonchev–Trinajstić information content (AvgIpc) is 3.08. The van der Waals surface area contributed by atoms with E-state index in [1.807, 2.05) is 54.6 Å². The molecule has 5 nitrogen and oxygen atoms in total. The molecule has 0 bridgehead atoms. The normalized spacial score (nSPS) is 10.6. The van der Waals surface area contributed by atoms with Gasteiger partial charge < -0.3 is 9.72 Å². The van der Waals surface area contributed by atoms with Crippen LogP contribution in [0, 0.1) is 0 Å². The third-order valence-electron chi connectivity index (χ3n) is 4.09. The molecule has 0 saturated carbocycles. The molecule has 3 aromatic heterocycles. The predicted molar refractivity (Wildman–Crippen MR) is 100 cm³/mol. The Balaban J connectivity index is 1.79. The maximum absolute atomic E-state index is 13.0. The van der Waals surface area contributed by atoms with Crippen molar-refractivity contribution >= 4 is 23.0 Å². The van der Waals surface area contributed by atoms with Gasteiger partial charge in [-0.3, -0.25) is 9.59 Å². The molecule has 0 saturated heterocycles. The number of fused-ring (bicyclic) bond motifs is 1. The van der Waals surface area contributed by atoms with Crippen LogP contribution in [0.1, 0.15) is 10.5 Å². The first kappa shape index (κ1) is 15.8. The van der Waals surface area contributed by atoms with E-state index in [2.05, 4.69) is 10.3 Å². The Morgan fingerprint density at radius 2 is 1.65 bits per heavy atom. The summed E-state index contributed by atoms with van der Waals surface area (Å²) in [5.41, 5.74) is 2.78. The topological polar surface area (TPSA) is 63.5 Å². The number of hydrogen-bond donors (Lipinski definition) is 1. The largest absolute Gasteiger partial charge is 0.313 e. The zero-order valence-electron chi connectivity index (χ0n) is 13.8. The van der Waals surface area contributed by atoms with E-state index in [9.17, 15) is 9.59 Å². The van der Waals surface area contributed by atoms with Gasteiger partial charge in [-0.15, -0.1) is 0 Å². The molecular weight excluding hydrogens is 326 g/mol. The highest BCUT2D eigenvalue weighted by atomic mass is 16.2. The van der Waals surface area contributed by atoms with E-state index >= 15 is 0 Å². The first-order chi connectivity index (χ1) is 12.7. The Kier molecular flexibility index (Phi) is 4.03. The lowest BCUT2D eigenvalue weighted by Crippen LogP contribution is -2.25. The summed E-state index contributed by atoms with van der Waals surface area (Å²) in [5.74, 6) is -0.988. The Morgan fingerprint density at radius 3 is 2.42 bits per heavy atom. The van der Waals surface area contributed by atoms with Crippen LogP contribution in [0.4, 0.5) is 5.82 Å². The van der Waals surface area contributed by atoms with Crippen molar-refractivity contribution < 1.29 is 9.59 Å². The van der Waals surface area contributed by atoms with Crippen LogP contribution in [0.15, 0.2) is 85.2 Å². The van der Waals surface area contributed by atoms with Crippen LogP contribution in [0.3, 0.4) is 0 Å². The minimum absolute atomic E-state index is 0.334. The number of carbonyl (C=O) groups is 2. The summed E-state index contributed by atoms with van der Waals surface area (Å²) in [6.07, 6.45) is 3.34. The zero-order chi connectivity index (χ0) is 17.9. The summed E-state index contributed by atoms with van der Waals surface area (Å²) in [4.78, 5) is 29.5. The van der Waals surface area contributed by atoms with Crippen molar-refractivity contribution in [2.75, 3.05) is 5.32 Å². The van der Waals surface area contributed by atoms with Gasteiger partial charge in [0.25, 0.3) is 11.7 Å². The number of nitrogens with one attached hydrogen (secondary N) is 1. The number of ketones is 1. The number of hydrogen-bond acceptors (Lipinski definition) is 3. The maximum Gasteiger partial charge on any atom is 0.299 e. The molecule has 126 valence electrons. The molecule has 0 fully saturated rings. The highest BCUT2D eigenvalue weighted by Crippen LogP contribution is 2.28. The van der Waals surface area contributed by atoms with Crippen molar-refractivity contribution in [2.45, 2.75) is 0 Å². The van der Waals surface area contributed by atoms with E-state index in [-0.39, 0.29) is 0 Å². The van der Waals surface area contributed by atoms with Gasteiger partial charge in [-0.25, -0.2) is 4.98 Å². The first-order valence-electron chi connectivity index (χ1n) is 8.16. The maximum atomic E-state index is 13.0. The number of anilines is 1. The van der Waals surface area contributed by atoms with Crippen LogP contribution < -0.4 is 5.32 Å².